The summed E-state index contributed by atoms with van der Waals surface area (Å²) >= 11 is 0. The summed E-state index contributed by atoms with van der Waals surface area (Å²) < 4.78 is 0. The molecular weight excluding hydrogens is 172 g/mol. The predicted octanol–water partition coefficient (Wildman–Crippen LogP) is 2.69. The topological polar surface area (TPSA) is 24.7 Å². The lowest BCUT2D eigenvalue weighted by Crippen LogP contribution is -2.23. The van der Waals surface area contributed by atoms with Crippen molar-refractivity contribution in [1.29, 1.82) is 0 Å². The van der Waals surface area contributed by atoms with Crippen molar-refractivity contribution in [1.82, 2.24) is 0 Å². The Bertz CT molecular complexity index is 400. The van der Waals surface area contributed by atoms with Gasteiger partial charge in [-0.05, 0) is 20.8 Å². The SMILES string of the molecule is CC1=NC(c2ccccc2)=NC1(C)C. The van der Waals surface area contributed by atoms with Gasteiger partial charge in [0.15, 0.2) is 5.84 Å². The van der Waals surface area contributed by atoms with Crippen molar-refractivity contribution < 1.29 is 0 Å². The predicted molar refractivity (Wildman–Crippen MR) is 60.2 cm³/mol. The monoisotopic (exact) mass is 186 g/mol. The molecule has 0 atom stereocenters. The van der Waals surface area contributed by atoms with Crippen molar-refractivity contribution in [3.8, 4) is 0 Å². The van der Waals surface area contributed by atoms with E-state index in [1.807, 2.05) is 37.3 Å². The lowest BCUT2D eigenvalue weighted by Gasteiger charge is -2.12. The highest BCUT2D eigenvalue weighted by Crippen LogP contribution is 2.21. The Morgan fingerprint density at radius 1 is 1.07 bits per heavy atom. The van der Waals surface area contributed by atoms with Gasteiger partial charge in [-0.15, -0.1) is 0 Å². The van der Waals surface area contributed by atoms with Crippen molar-refractivity contribution in [2.45, 2.75) is 26.3 Å². The zero-order chi connectivity index (χ0) is 10.2. The Kier molecular flexibility index (Phi) is 1.99. The summed E-state index contributed by atoms with van der Waals surface area (Å²) in [6, 6.07) is 10.1. The summed E-state index contributed by atoms with van der Waals surface area (Å²) in [5, 5.41) is 0. The zero-order valence-corrected chi connectivity index (χ0v) is 8.78. The fourth-order valence-electron chi connectivity index (χ4n) is 1.38. The first-order valence-corrected chi connectivity index (χ1v) is 4.81. The summed E-state index contributed by atoms with van der Waals surface area (Å²) in [5.41, 5.74) is 2.04. The molecule has 72 valence electrons. The van der Waals surface area contributed by atoms with E-state index in [0.29, 0.717) is 0 Å². The van der Waals surface area contributed by atoms with E-state index in [1.165, 1.54) is 0 Å². The second kappa shape index (κ2) is 3.05. The van der Waals surface area contributed by atoms with Crippen LogP contribution in [0.2, 0.25) is 0 Å². The van der Waals surface area contributed by atoms with E-state index in [2.05, 4.69) is 23.8 Å². The minimum absolute atomic E-state index is 0.134. The summed E-state index contributed by atoms with van der Waals surface area (Å²) in [6.45, 7) is 6.20. The third kappa shape index (κ3) is 1.48. The molecule has 0 spiro atoms. The van der Waals surface area contributed by atoms with E-state index >= 15 is 0 Å². The maximum absolute atomic E-state index is 4.58. The van der Waals surface area contributed by atoms with Crippen LogP contribution in [-0.2, 0) is 0 Å². The highest BCUT2D eigenvalue weighted by molar-refractivity contribution is 6.13. The first-order valence-electron chi connectivity index (χ1n) is 4.81. The van der Waals surface area contributed by atoms with E-state index in [4.69, 9.17) is 0 Å². The molecule has 2 heteroatoms. The average Bonchev–Trinajstić information content (AvgIpc) is 2.43. The van der Waals surface area contributed by atoms with Crippen LogP contribution in [0.5, 0.6) is 0 Å². The minimum atomic E-state index is -0.134. The fourth-order valence-corrected chi connectivity index (χ4v) is 1.38. The first-order chi connectivity index (χ1) is 6.59. The summed E-state index contributed by atoms with van der Waals surface area (Å²) in [5.74, 6) is 0.855. The maximum Gasteiger partial charge on any atom is 0.155 e. The van der Waals surface area contributed by atoms with Crippen molar-refractivity contribution in [2.75, 3.05) is 0 Å². The molecule has 0 N–H and O–H groups in total. The van der Waals surface area contributed by atoms with Gasteiger partial charge in [-0.3, -0.25) is 4.99 Å². The zero-order valence-electron chi connectivity index (χ0n) is 8.78. The van der Waals surface area contributed by atoms with Crippen LogP contribution in [0.1, 0.15) is 26.3 Å². The quantitative estimate of drug-likeness (QED) is 0.644. The molecule has 2 rings (SSSR count). The molecule has 1 aromatic carbocycles. The van der Waals surface area contributed by atoms with Crippen LogP contribution in [0.4, 0.5) is 0 Å². The molecule has 0 bridgehead atoms. The number of amidine groups is 1. The molecule has 1 aromatic rings. The highest BCUT2D eigenvalue weighted by atomic mass is 15.1. The molecule has 0 unspecified atom stereocenters. The third-order valence-corrected chi connectivity index (χ3v) is 2.58. The van der Waals surface area contributed by atoms with E-state index in [0.717, 1.165) is 17.1 Å². The lowest BCUT2D eigenvalue weighted by atomic mass is 10.0. The molecule has 0 radical (unpaired) electrons. The first kappa shape index (κ1) is 9.13. The summed E-state index contributed by atoms with van der Waals surface area (Å²) in [4.78, 5) is 9.06. The molecule has 14 heavy (non-hydrogen) atoms. The Morgan fingerprint density at radius 2 is 1.71 bits per heavy atom. The second-order valence-corrected chi connectivity index (χ2v) is 4.06. The molecule has 0 saturated heterocycles. The van der Waals surface area contributed by atoms with Gasteiger partial charge in [-0.1, -0.05) is 30.3 Å². The van der Waals surface area contributed by atoms with Gasteiger partial charge < -0.3 is 0 Å². The van der Waals surface area contributed by atoms with Crippen LogP contribution in [0.15, 0.2) is 40.3 Å². The molecule has 0 aliphatic carbocycles. The van der Waals surface area contributed by atoms with E-state index in [9.17, 15) is 0 Å². The molecule has 1 aliphatic rings. The van der Waals surface area contributed by atoms with Crippen molar-refractivity contribution in [3.63, 3.8) is 0 Å². The number of benzene rings is 1. The number of aliphatic imine (C=N–C) groups is 2. The Balaban J connectivity index is 2.41. The van der Waals surface area contributed by atoms with Gasteiger partial charge in [0, 0.05) is 11.3 Å². The standard InChI is InChI=1S/C12H14N2/c1-9-12(2,3)14-11(13-9)10-7-5-4-6-8-10/h4-8H,1-3H3. The Morgan fingerprint density at radius 3 is 2.21 bits per heavy atom. The largest absolute Gasteiger partial charge is 0.254 e. The fraction of sp³-hybridized carbons (Fsp3) is 0.333. The van der Waals surface area contributed by atoms with Gasteiger partial charge in [0.1, 0.15) is 0 Å². The molecule has 2 nitrogen and oxygen atoms in total. The molecule has 0 fully saturated rings. The van der Waals surface area contributed by atoms with Crippen LogP contribution < -0.4 is 0 Å². The van der Waals surface area contributed by atoms with Gasteiger partial charge >= 0.3 is 0 Å². The Hall–Kier alpha value is -1.44. The van der Waals surface area contributed by atoms with Crippen LogP contribution in [0, 0.1) is 0 Å². The summed E-state index contributed by atoms with van der Waals surface area (Å²) in [6.07, 6.45) is 0. The van der Waals surface area contributed by atoms with E-state index in [-0.39, 0.29) is 5.54 Å². The molecule has 0 saturated carbocycles. The van der Waals surface area contributed by atoms with Gasteiger partial charge in [0.2, 0.25) is 0 Å². The number of rotatable bonds is 1. The Labute approximate surface area is 84.4 Å². The van der Waals surface area contributed by atoms with E-state index in [1.54, 1.807) is 0 Å². The van der Waals surface area contributed by atoms with Crippen molar-refractivity contribution in [2.24, 2.45) is 9.98 Å². The van der Waals surface area contributed by atoms with Crippen molar-refractivity contribution in [3.05, 3.63) is 35.9 Å². The molecule has 0 amide bonds. The molecule has 0 aromatic heterocycles. The number of hydrogen-bond donors (Lipinski definition) is 0. The van der Waals surface area contributed by atoms with E-state index < -0.39 is 0 Å². The van der Waals surface area contributed by atoms with Crippen LogP contribution in [-0.4, -0.2) is 17.1 Å². The van der Waals surface area contributed by atoms with Crippen LogP contribution in [0.25, 0.3) is 0 Å². The third-order valence-electron chi connectivity index (χ3n) is 2.58. The highest BCUT2D eigenvalue weighted by Gasteiger charge is 2.27. The minimum Gasteiger partial charge on any atom is -0.254 e. The number of hydrogen-bond acceptors (Lipinski definition) is 2. The molecular formula is C12H14N2. The lowest BCUT2D eigenvalue weighted by molar-refractivity contribution is 0.713. The maximum atomic E-state index is 4.58. The molecule has 1 aliphatic heterocycles. The van der Waals surface area contributed by atoms with Crippen LogP contribution in [0.3, 0.4) is 0 Å². The van der Waals surface area contributed by atoms with Gasteiger partial charge in [0.25, 0.3) is 0 Å². The normalized spacial score (nSPS) is 19.1. The van der Waals surface area contributed by atoms with Gasteiger partial charge in [-0.2, -0.15) is 0 Å². The van der Waals surface area contributed by atoms with Crippen molar-refractivity contribution >= 4 is 11.5 Å². The summed E-state index contributed by atoms with van der Waals surface area (Å²) in [7, 11) is 0. The molecule has 1 heterocycles. The second-order valence-electron chi connectivity index (χ2n) is 4.06. The average molecular weight is 186 g/mol. The van der Waals surface area contributed by atoms with Crippen LogP contribution >= 0.6 is 0 Å². The number of nitrogens with zero attached hydrogens (tertiary/aromatic N) is 2. The van der Waals surface area contributed by atoms with Gasteiger partial charge in [-0.25, -0.2) is 4.99 Å². The van der Waals surface area contributed by atoms with Gasteiger partial charge in [0.05, 0.1) is 5.54 Å². The smallest absolute Gasteiger partial charge is 0.155 e.